The summed E-state index contributed by atoms with van der Waals surface area (Å²) in [5.74, 6) is 0.0637. The minimum atomic E-state index is -0.00214. The topological polar surface area (TPSA) is 37.4 Å². The molecule has 1 fully saturated rings. The van der Waals surface area contributed by atoms with Crippen LogP contribution in [0.1, 0.15) is 136 Å². The van der Waals surface area contributed by atoms with Crippen LogP contribution in [0.5, 0.6) is 0 Å². The highest BCUT2D eigenvalue weighted by Gasteiger charge is 2.35. The zero-order valence-corrected chi connectivity index (χ0v) is 19.6. The van der Waals surface area contributed by atoms with E-state index < -0.39 is 0 Å². The molecule has 0 aromatic rings. The molecule has 1 unspecified atom stereocenters. The molecule has 1 rings (SSSR count). The summed E-state index contributed by atoms with van der Waals surface area (Å²) in [5, 5.41) is 0. The molecule has 0 aromatic heterocycles. The van der Waals surface area contributed by atoms with Gasteiger partial charge in [0.05, 0.1) is 6.04 Å². The lowest BCUT2D eigenvalue weighted by molar-refractivity contribution is -0.140. The lowest BCUT2D eigenvalue weighted by atomic mass is 9.97. The van der Waals surface area contributed by atoms with E-state index in [2.05, 4.69) is 26.8 Å². The smallest absolute Gasteiger partial charge is 0.230 e. The zero-order valence-electron chi connectivity index (χ0n) is 19.6. The third kappa shape index (κ3) is 11.0. The molecule has 0 aromatic carbocycles. The normalized spacial score (nSPS) is 16.1. The van der Waals surface area contributed by atoms with Crippen molar-refractivity contribution in [2.45, 2.75) is 142 Å². The van der Waals surface area contributed by atoms with Crippen LogP contribution >= 0.6 is 0 Å². The summed E-state index contributed by atoms with van der Waals surface area (Å²) in [4.78, 5) is 26.2. The summed E-state index contributed by atoms with van der Waals surface area (Å²) < 4.78 is 0. The molecule has 1 aliphatic heterocycles. The van der Waals surface area contributed by atoms with E-state index in [1.807, 2.05) is 0 Å². The quantitative estimate of drug-likeness (QED) is 0.133. The second kappa shape index (κ2) is 16.7. The van der Waals surface area contributed by atoms with E-state index in [4.69, 9.17) is 0 Å². The number of amides is 2. The lowest BCUT2D eigenvalue weighted by Gasteiger charge is -2.27. The Hall–Kier alpha value is -1.12. The Bertz CT molecular complexity index is 467. The number of nitrogens with zero attached hydrogens (tertiary/aromatic N) is 1. The number of hydrogen-bond donors (Lipinski definition) is 0. The van der Waals surface area contributed by atoms with Crippen molar-refractivity contribution in [3.63, 3.8) is 0 Å². The van der Waals surface area contributed by atoms with E-state index in [0.29, 0.717) is 12.8 Å². The Labute approximate surface area is 180 Å². The first-order valence-electron chi connectivity index (χ1n) is 12.6. The Morgan fingerprint density at radius 1 is 0.759 bits per heavy atom. The van der Waals surface area contributed by atoms with Gasteiger partial charge in [-0.05, 0) is 26.2 Å². The summed E-state index contributed by atoms with van der Waals surface area (Å²) in [6.07, 6.45) is 23.3. The number of likely N-dealkylation sites (tertiary alicyclic amines) is 1. The second-order valence-corrected chi connectivity index (χ2v) is 8.94. The van der Waals surface area contributed by atoms with Crippen LogP contribution in [0.15, 0.2) is 11.6 Å². The maximum atomic E-state index is 12.3. The van der Waals surface area contributed by atoms with Crippen molar-refractivity contribution in [1.29, 1.82) is 0 Å². The van der Waals surface area contributed by atoms with Crippen molar-refractivity contribution in [3.05, 3.63) is 11.6 Å². The summed E-state index contributed by atoms with van der Waals surface area (Å²) in [5.41, 5.74) is 1.23. The van der Waals surface area contributed by atoms with Crippen LogP contribution in [0, 0.1) is 0 Å². The molecule has 1 saturated heterocycles. The summed E-state index contributed by atoms with van der Waals surface area (Å²) in [6.45, 7) is 6.62. The largest absolute Gasteiger partial charge is 0.275 e. The van der Waals surface area contributed by atoms with Crippen molar-refractivity contribution >= 4 is 11.8 Å². The Morgan fingerprint density at radius 3 is 1.72 bits per heavy atom. The van der Waals surface area contributed by atoms with Crippen LogP contribution in [0.3, 0.4) is 0 Å². The highest BCUT2D eigenvalue weighted by molar-refractivity contribution is 6.02. The van der Waals surface area contributed by atoms with E-state index in [0.717, 1.165) is 19.3 Å². The van der Waals surface area contributed by atoms with Gasteiger partial charge in [-0.3, -0.25) is 14.5 Å². The molecule has 3 nitrogen and oxygen atoms in total. The molecule has 168 valence electrons. The van der Waals surface area contributed by atoms with Crippen LogP contribution in [-0.2, 0) is 9.59 Å². The first kappa shape index (κ1) is 25.9. The number of unbranched alkanes of at least 4 members (excludes halogenated alkanes) is 13. The van der Waals surface area contributed by atoms with Gasteiger partial charge in [0.25, 0.3) is 0 Å². The molecule has 0 spiro atoms. The Morgan fingerprint density at radius 2 is 1.21 bits per heavy atom. The molecule has 1 aliphatic rings. The molecule has 0 aliphatic carbocycles. The minimum absolute atomic E-state index is 0.00214. The lowest BCUT2D eigenvalue weighted by Crippen LogP contribution is -2.40. The average Bonchev–Trinajstić information content (AvgIpc) is 3.04. The molecule has 29 heavy (non-hydrogen) atoms. The summed E-state index contributed by atoms with van der Waals surface area (Å²) in [7, 11) is 0. The molecule has 0 radical (unpaired) electrons. The molecule has 0 saturated carbocycles. The fourth-order valence-electron chi connectivity index (χ4n) is 4.36. The molecule has 2 amide bonds. The van der Waals surface area contributed by atoms with Gasteiger partial charge in [0, 0.05) is 12.8 Å². The molecule has 0 N–H and O–H groups in total. The third-order valence-corrected chi connectivity index (χ3v) is 6.28. The third-order valence-electron chi connectivity index (χ3n) is 6.28. The first-order chi connectivity index (χ1) is 14.1. The minimum Gasteiger partial charge on any atom is -0.275 e. The SMILES string of the molecule is CCCCCCCCCCC/C=C(\C)C(CCCCCCC)N1C(=O)CCC1=O. The van der Waals surface area contributed by atoms with Crippen molar-refractivity contribution in [1.82, 2.24) is 4.90 Å². The molecule has 0 bridgehead atoms. The maximum Gasteiger partial charge on any atom is 0.230 e. The van der Waals surface area contributed by atoms with Crippen LogP contribution in [0.25, 0.3) is 0 Å². The van der Waals surface area contributed by atoms with Crippen LogP contribution in [0.4, 0.5) is 0 Å². The number of carbonyl (C=O) groups excluding carboxylic acids is 2. The number of carbonyl (C=O) groups is 2. The number of allylic oxidation sites excluding steroid dienone is 1. The second-order valence-electron chi connectivity index (χ2n) is 8.94. The maximum absolute atomic E-state index is 12.3. The van der Waals surface area contributed by atoms with Gasteiger partial charge in [-0.1, -0.05) is 109 Å². The molecule has 1 heterocycles. The van der Waals surface area contributed by atoms with E-state index in [1.54, 1.807) is 4.90 Å². The van der Waals surface area contributed by atoms with Gasteiger partial charge in [0.15, 0.2) is 0 Å². The van der Waals surface area contributed by atoms with Crippen molar-refractivity contribution < 1.29 is 9.59 Å². The fourth-order valence-corrected chi connectivity index (χ4v) is 4.36. The van der Waals surface area contributed by atoms with E-state index >= 15 is 0 Å². The van der Waals surface area contributed by atoms with Crippen LogP contribution in [0.2, 0.25) is 0 Å². The molecule has 1 atom stereocenters. The Kier molecular flexibility index (Phi) is 14.9. The van der Waals surface area contributed by atoms with Crippen LogP contribution in [-0.4, -0.2) is 22.8 Å². The predicted octanol–water partition coefficient (Wildman–Crippen LogP) is 7.73. The molecular weight excluding hydrogens is 358 g/mol. The highest BCUT2D eigenvalue weighted by Crippen LogP contribution is 2.25. The van der Waals surface area contributed by atoms with Gasteiger partial charge < -0.3 is 0 Å². The first-order valence-corrected chi connectivity index (χ1v) is 12.6. The summed E-state index contributed by atoms with van der Waals surface area (Å²) in [6, 6.07) is -0.00214. The van der Waals surface area contributed by atoms with Gasteiger partial charge in [-0.2, -0.15) is 0 Å². The van der Waals surface area contributed by atoms with Gasteiger partial charge in [0.2, 0.25) is 11.8 Å². The van der Waals surface area contributed by atoms with Crippen molar-refractivity contribution in [3.8, 4) is 0 Å². The highest BCUT2D eigenvalue weighted by atomic mass is 16.2. The Balaban J connectivity index is 2.38. The average molecular weight is 406 g/mol. The van der Waals surface area contributed by atoms with Crippen molar-refractivity contribution in [2.75, 3.05) is 0 Å². The summed E-state index contributed by atoms with van der Waals surface area (Å²) >= 11 is 0. The van der Waals surface area contributed by atoms with Gasteiger partial charge in [-0.25, -0.2) is 0 Å². The van der Waals surface area contributed by atoms with E-state index in [1.165, 1.54) is 89.0 Å². The number of imide groups is 1. The number of rotatable bonds is 18. The van der Waals surface area contributed by atoms with Gasteiger partial charge >= 0.3 is 0 Å². The number of hydrogen-bond acceptors (Lipinski definition) is 2. The van der Waals surface area contributed by atoms with Crippen LogP contribution < -0.4 is 0 Å². The standard InChI is InChI=1S/C26H47NO2/c1-4-6-8-10-11-12-13-14-16-17-19-23(3)24(20-18-15-9-7-5-2)27-25(28)21-22-26(27)29/h19,24H,4-18,20-22H2,1-3H3/b23-19+. The molecular formula is C26H47NO2. The van der Waals surface area contributed by atoms with E-state index in [9.17, 15) is 9.59 Å². The fraction of sp³-hybridized carbons (Fsp3) is 0.846. The van der Waals surface area contributed by atoms with Crippen molar-refractivity contribution in [2.24, 2.45) is 0 Å². The van der Waals surface area contributed by atoms with E-state index in [-0.39, 0.29) is 17.9 Å². The predicted molar refractivity (Wildman–Crippen MR) is 124 cm³/mol. The van der Waals surface area contributed by atoms with Gasteiger partial charge in [-0.15, -0.1) is 0 Å². The molecule has 3 heteroatoms. The monoisotopic (exact) mass is 405 g/mol. The zero-order chi connectivity index (χ0) is 21.3. The van der Waals surface area contributed by atoms with Gasteiger partial charge in [0.1, 0.15) is 0 Å².